The Labute approximate surface area is 160 Å². The molecule has 0 spiro atoms. The minimum Gasteiger partial charge on any atom is -0.507 e. The molecule has 144 valence electrons. The van der Waals surface area contributed by atoms with Crippen LogP contribution in [0.5, 0.6) is 5.75 Å². The van der Waals surface area contributed by atoms with Gasteiger partial charge in [0.2, 0.25) is 5.82 Å². The molecule has 0 unspecified atom stereocenters. The molecule has 9 heteroatoms. The van der Waals surface area contributed by atoms with E-state index in [9.17, 15) is 14.7 Å². The first-order valence-corrected chi connectivity index (χ1v) is 8.34. The Hall–Kier alpha value is -3.75. The number of aldehydes is 1. The van der Waals surface area contributed by atoms with Gasteiger partial charge in [0.15, 0.2) is 0 Å². The number of aromatic nitrogens is 3. The monoisotopic (exact) mass is 382 g/mol. The summed E-state index contributed by atoms with van der Waals surface area (Å²) in [4.78, 5) is 30.9. The Morgan fingerprint density at radius 2 is 2.04 bits per heavy atom. The van der Waals surface area contributed by atoms with E-state index in [2.05, 4.69) is 20.4 Å². The number of carbonyl (C=O) groups excluding carboxylic acids is 2. The van der Waals surface area contributed by atoms with E-state index >= 15 is 0 Å². The third kappa shape index (κ3) is 4.50. The number of ether oxygens (including phenoxy) is 1. The van der Waals surface area contributed by atoms with Crippen molar-refractivity contribution in [2.24, 2.45) is 0 Å². The van der Waals surface area contributed by atoms with Gasteiger partial charge in [0, 0.05) is 5.56 Å². The van der Waals surface area contributed by atoms with Gasteiger partial charge in [-0.3, -0.25) is 15.1 Å². The van der Waals surface area contributed by atoms with Crippen molar-refractivity contribution in [1.82, 2.24) is 15.1 Å². The topological polar surface area (TPSA) is 127 Å². The van der Waals surface area contributed by atoms with Gasteiger partial charge in [0.05, 0.1) is 17.4 Å². The molecule has 0 saturated heterocycles. The number of phenols is 1. The largest absolute Gasteiger partial charge is 0.507 e. The SMILES string of the molecule is CC(C)(C)OC(=O)Nc1ccc(-c2noc(-c3ccc(C=O)cc3O)n2)nc1. The van der Waals surface area contributed by atoms with Crippen LogP contribution in [0.3, 0.4) is 0 Å². The van der Waals surface area contributed by atoms with Gasteiger partial charge in [0.25, 0.3) is 5.89 Å². The summed E-state index contributed by atoms with van der Waals surface area (Å²) in [6.45, 7) is 5.31. The number of aromatic hydroxyl groups is 1. The van der Waals surface area contributed by atoms with Crippen molar-refractivity contribution in [1.29, 1.82) is 0 Å². The lowest BCUT2D eigenvalue weighted by Crippen LogP contribution is -2.27. The van der Waals surface area contributed by atoms with Crippen LogP contribution in [0.15, 0.2) is 41.1 Å². The molecule has 0 atom stereocenters. The maximum Gasteiger partial charge on any atom is 0.412 e. The van der Waals surface area contributed by atoms with Crippen LogP contribution in [0.25, 0.3) is 23.0 Å². The second-order valence-corrected chi connectivity index (χ2v) is 6.88. The standard InChI is InChI=1S/C19H18N4O5/c1-19(2,3)27-18(26)21-12-5-7-14(20-9-12)16-22-17(28-23-16)13-6-4-11(10-24)8-15(13)25/h4-10,25H,1-3H3,(H,21,26). The quantitative estimate of drug-likeness (QED) is 0.654. The van der Waals surface area contributed by atoms with E-state index in [-0.39, 0.29) is 17.5 Å². The molecule has 9 nitrogen and oxygen atoms in total. The fraction of sp³-hybridized carbons (Fsp3) is 0.211. The Kier molecular flexibility index (Phi) is 5.08. The highest BCUT2D eigenvalue weighted by Gasteiger charge is 2.17. The molecule has 0 saturated carbocycles. The second kappa shape index (κ2) is 7.47. The molecule has 0 bridgehead atoms. The summed E-state index contributed by atoms with van der Waals surface area (Å²) in [5.74, 6) is 0.144. The molecular formula is C19H18N4O5. The Balaban J connectivity index is 1.75. The number of carbonyl (C=O) groups is 2. The van der Waals surface area contributed by atoms with Crippen molar-refractivity contribution >= 4 is 18.1 Å². The number of hydrogen-bond acceptors (Lipinski definition) is 8. The molecule has 3 rings (SSSR count). The van der Waals surface area contributed by atoms with Crippen molar-refractivity contribution in [3.63, 3.8) is 0 Å². The number of nitrogens with one attached hydrogen (secondary N) is 1. The predicted octanol–water partition coefficient (Wildman–Crippen LogP) is 3.66. The second-order valence-electron chi connectivity index (χ2n) is 6.88. The molecule has 3 aromatic rings. The highest BCUT2D eigenvalue weighted by Crippen LogP contribution is 2.29. The van der Waals surface area contributed by atoms with Crippen LogP contribution >= 0.6 is 0 Å². The van der Waals surface area contributed by atoms with E-state index < -0.39 is 11.7 Å². The fourth-order valence-electron chi connectivity index (χ4n) is 2.26. The summed E-state index contributed by atoms with van der Waals surface area (Å²) in [5.41, 5.74) is 0.884. The zero-order valence-corrected chi connectivity index (χ0v) is 15.5. The first-order chi connectivity index (χ1) is 13.2. The smallest absolute Gasteiger partial charge is 0.412 e. The van der Waals surface area contributed by atoms with E-state index in [0.717, 1.165) is 0 Å². The van der Waals surface area contributed by atoms with Crippen LogP contribution in [-0.2, 0) is 4.74 Å². The molecular weight excluding hydrogens is 364 g/mol. The number of phenolic OH excluding ortho intramolecular Hbond substituents is 1. The molecule has 0 radical (unpaired) electrons. The van der Waals surface area contributed by atoms with Crippen LogP contribution < -0.4 is 5.32 Å². The highest BCUT2D eigenvalue weighted by molar-refractivity contribution is 5.84. The number of anilines is 1. The van der Waals surface area contributed by atoms with Crippen molar-refractivity contribution < 1.29 is 24.0 Å². The molecule has 2 heterocycles. The third-order valence-corrected chi connectivity index (χ3v) is 3.45. The summed E-state index contributed by atoms with van der Waals surface area (Å²) in [6, 6.07) is 7.58. The van der Waals surface area contributed by atoms with Gasteiger partial charge < -0.3 is 14.4 Å². The van der Waals surface area contributed by atoms with Gasteiger partial charge in [0.1, 0.15) is 23.3 Å². The number of nitrogens with zero attached hydrogens (tertiary/aromatic N) is 3. The van der Waals surface area contributed by atoms with Crippen LogP contribution in [0.1, 0.15) is 31.1 Å². The van der Waals surface area contributed by atoms with Gasteiger partial charge in [-0.1, -0.05) is 11.2 Å². The Morgan fingerprint density at radius 3 is 2.64 bits per heavy atom. The lowest BCUT2D eigenvalue weighted by Gasteiger charge is -2.19. The third-order valence-electron chi connectivity index (χ3n) is 3.45. The number of amides is 1. The minimum atomic E-state index is -0.603. The van der Waals surface area contributed by atoms with Crippen LogP contribution in [0, 0.1) is 0 Å². The lowest BCUT2D eigenvalue weighted by molar-refractivity contribution is 0.0635. The van der Waals surface area contributed by atoms with Crippen molar-refractivity contribution in [3.05, 3.63) is 42.1 Å². The van der Waals surface area contributed by atoms with Crippen molar-refractivity contribution in [2.75, 3.05) is 5.32 Å². The normalized spacial score (nSPS) is 11.1. The van der Waals surface area contributed by atoms with Crippen LogP contribution in [0.2, 0.25) is 0 Å². The van der Waals surface area contributed by atoms with Gasteiger partial charge in [-0.05, 0) is 45.0 Å². The molecule has 2 aromatic heterocycles. The predicted molar refractivity (Wildman–Crippen MR) is 99.9 cm³/mol. The van der Waals surface area contributed by atoms with Crippen molar-refractivity contribution in [2.45, 2.75) is 26.4 Å². The maximum absolute atomic E-state index is 11.8. The van der Waals surface area contributed by atoms with Crippen molar-refractivity contribution in [3.8, 4) is 28.7 Å². The Morgan fingerprint density at radius 1 is 1.25 bits per heavy atom. The summed E-state index contributed by atoms with van der Waals surface area (Å²) < 4.78 is 10.3. The molecule has 2 N–H and O–H groups in total. The molecule has 28 heavy (non-hydrogen) atoms. The first kappa shape index (κ1) is 19.0. The number of hydrogen-bond donors (Lipinski definition) is 2. The zero-order valence-electron chi connectivity index (χ0n) is 15.5. The molecule has 1 aromatic carbocycles. The molecule has 0 aliphatic rings. The summed E-state index contributed by atoms with van der Waals surface area (Å²) in [7, 11) is 0. The number of benzene rings is 1. The number of pyridine rings is 1. The molecule has 0 aliphatic carbocycles. The molecule has 1 amide bonds. The Bertz CT molecular complexity index is 1010. The van der Waals surface area contributed by atoms with E-state index in [1.165, 1.54) is 24.4 Å². The summed E-state index contributed by atoms with van der Waals surface area (Å²) >= 11 is 0. The van der Waals surface area contributed by atoms with Gasteiger partial charge in [-0.15, -0.1) is 0 Å². The fourth-order valence-corrected chi connectivity index (χ4v) is 2.26. The van der Waals surface area contributed by atoms with Gasteiger partial charge in [-0.2, -0.15) is 4.98 Å². The highest BCUT2D eigenvalue weighted by atomic mass is 16.6. The first-order valence-electron chi connectivity index (χ1n) is 8.34. The van der Waals surface area contributed by atoms with E-state index in [0.29, 0.717) is 28.8 Å². The van der Waals surface area contributed by atoms with E-state index in [1.54, 1.807) is 32.9 Å². The number of rotatable bonds is 4. The van der Waals surface area contributed by atoms with Gasteiger partial charge in [-0.25, -0.2) is 4.79 Å². The van der Waals surface area contributed by atoms with Crippen LogP contribution in [-0.4, -0.2) is 38.2 Å². The van der Waals surface area contributed by atoms with E-state index in [4.69, 9.17) is 9.26 Å². The lowest BCUT2D eigenvalue weighted by atomic mass is 10.1. The van der Waals surface area contributed by atoms with E-state index in [1.807, 2.05) is 0 Å². The average Bonchev–Trinajstić information content (AvgIpc) is 3.10. The summed E-state index contributed by atoms with van der Waals surface area (Å²) in [6.07, 6.45) is 1.48. The van der Waals surface area contributed by atoms with Crippen LogP contribution in [0.4, 0.5) is 10.5 Å². The molecule has 0 fully saturated rings. The minimum absolute atomic E-state index is 0.0858. The van der Waals surface area contributed by atoms with Gasteiger partial charge >= 0.3 is 6.09 Å². The zero-order chi connectivity index (χ0) is 20.3. The molecule has 0 aliphatic heterocycles. The maximum atomic E-state index is 11.8. The average molecular weight is 382 g/mol. The summed E-state index contributed by atoms with van der Waals surface area (Å²) in [5, 5.41) is 16.4.